The van der Waals surface area contributed by atoms with E-state index in [2.05, 4.69) is 25.5 Å². The molecular weight excluding hydrogens is 490 g/mol. The van der Waals surface area contributed by atoms with E-state index in [9.17, 15) is 19.3 Å². The monoisotopic (exact) mass is 509 g/mol. The van der Waals surface area contributed by atoms with E-state index in [1.165, 1.54) is 17.0 Å². The van der Waals surface area contributed by atoms with Gasteiger partial charge in [-0.3, -0.25) is 14.3 Å². The number of hydrogen-bond acceptors (Lipinski definition) is 8. The van der Waals surface area contributed by atoms with Crippen LogP contribution in [0.15, 0.2) is 85.2 Å². The first-order valence-corrected chi connectivity index (χ1v) is 11.1. The molecule has 1 atom stereocenters. The standard InChI is InChI=1S/C23H20ClN7O5/c1-2-30-22(33)28-21(31(23(30)34)12-14-3-5-15(24)6-4-14)27-16-7-9-17(10-8-16)36-19-11-18(20(32)29-35)25-13-26-19/h3-11,13,18H,2,12H2,1H3,(H,25,26)(H,27,28,33). The summed E-state index contributed by atoms with van der Waals surface area (Å²) in [5.41, 5.74) is 0.246. The summed E-state index contributed by atoms with van der Waals surface area (Å²) < 4.78 is 8.07. The Morgan fingerprint density at radius 2 is 1.83 bits per heavy atom. The molecule has 0 saturated carbocycles. The lowest BCUT2D eigenvalue weighted by Gasteiger charge is -2.14. The molecule has 2 heterocycles. The number of halogens is 1. The average Bonchev–Trinajstić information content (AvgIpc) is 2.88. The fourth-order valence-electron chi connectivity index (χ4n) is 3.34. The van der Waals surface area contributed by atoms with E-state index in [0.717, 1.165) is 10.1 Å². The number of nitrogens with one attached hydrogen (secondary N) is 2. The zero-order chi connectivity index (χ0) is 25.7. The smallest absolute Gasteiger partial charge is 0.335 e. The van der Waals surface area contributed by atoms with Crippen LogP contribution in [0.5, 0.6) is 5.75 Å². The zero-order valence-electron chi connectivity index (χ0n) is 18.9. The molecule has 3 aromatic rings. The van der Waals surface area contributed by atoms with Gasteiger partial charge in [0.1, 0.15) is 11.8 Å². The molecule has 0 spiro atoms. The number of nitroso groups, excluding NO2 is 1. The molecule has 12 nitrogen and oxygen atoms in total. The number of nitrogens with zero attached hydrogens (tertiary/aromatic N) is 5. The van der Waals surface area contributed by atoms with Gasteiger partial charge in [-0.25, -0.2) is 24.1 Å². The fraction of sp³-hybridized carbons (Fsp3) is 0.174. The fourth-order valence-corrected chi connectivity index (χ4v) is 3.47. The predicted molar refractivity (Wildman–Crippen MR) is 132 cm³/mol. The van der Waals surface area contributed by atoms with Crippen molar-refractivity contribution in [3.63, 3.8) is 0 Å². The number of hydrogen-bond donors (Lipinski definition) is 2. The number of carbonyl (C=O) groups excluding carboxylic acids is 1. The van der Waals surface area contributed by atoms with Crippen molar-refractivity contribution >= 4 is 29.5 Å². The Labute approximate surface area is 208 Å². The number of carbonyl (C=O) groups is 1. The van der Waals surface area contributed by atoms with E-state index in [1.807, 2.05) is 0 Å². The van der Waals surface area contributed by atoms with Crippen LogP contribution in [-0.4, -0.2) is 32.4 Å². The number of rotatable bonds is 7. The highest BCUT2D eigenvalue weighted by Crippen LogP contribution is 2.20. The Morgan fingerprint density at radius 3 is 2.50 bits per heavy atom. The second kappa shape index (κ2) is 10.8. The molecule has 1 amide bonds. The molecule has 36 heavy (non-hydrogen) atoms. The third kappa shape index (κ3) is 5.55. The Bertz CT molecular complexity index is 1530. The lowest BCUT2D eigenvalue weighted by molar-refractivity contribution is -0.118. The number of aliphatic imine (C=N–C) groups is 1. The molecule has 4 rings (SSSR count). The minimum Gasteiger partial charge on any atom is -0.439 e. The Morgan fingerprint density at radius 1 is 1.11 bits per heavy atom. The van der Waals surface area contributed by atoms with Crippen LogP contribution in [0.4, 0.5) is 5.69 Å². The van der Waals surface area contributed by atoms with Crippen LogP contribution in [0, 0.1) is 4.91 Å². The Kier molecular flexibility index (Phi) is 7.35. The van der Waals surface area contributed by atoms with Gasteiger partial charge in [0, 0.05) is 22.8 Å². The number of benzene rings is 2. The minimum absolute atomic E-state index is 0.0756. The van der Waals surface area contributed by atoms with Crippen molar-refractivity contribution in [1.29, 1.82) is 0 Å². The lowest BCUT2D eigenvalue weighted by atomic mass is 10.2. The molecule has 0 aliphatic carbocycles. The Hall–Kier alpha value is -4.58. The SMILES string of the molecule is CCn1c(=O)[nH]/c(=N\c2ccc(OC3=CC(C(=O)N=O)NC=N3)cc2)n(Cc2ccc(Cl)cc2)c1=O. The summed E-state index contributed by atoms with van der Waals surface area (Å²) >= 11 is 5.96. The van der Waals surface area contributed by atoms with E-state index < -0.39 is 23.3 Å². The number of ether oxygens (including phenoxy) is 1. The molecular formula is C23H20ClN7O5. The van der Waals surface area contributed by atoms with Gasteiger partial charge in [0.25, 0.3) is 0 Å². The predicted octanol–water partition coefficient (Wildman–Crippen LogP) is 1.81. The molecule has 13 heteroatoms. The van der Waals surface area contributed by atoms with Crippen LogP contribution in [0.2, 0.25) is 5.02 Å². The van der Waals surface area contributed by atoms with Crippen molar-refractivity contribution in [2.45, 2.75) is 26.1 Å². The van der Waals surface area contributed by atoms with Crippen molar-refractivity contribution < 1.29 is 9.53 Å². The topological polar surface area (TPSA) is 152 Å². The van der Waals surface area contributed by atoms with E-state index in [1.54, 1.807) is 55.5 Å². The molecule has 2 N–H and O–H groups in total. The molecule has 0 fully saturated rings. The number of aromatic amines is 1. The number of amides is 1. The van der Waals surface area contributed by atoms with Crippen LogP contribution < -0.4 is 27.1 Å². The Balaban J connectivity index is 1.65. The van der Waals surface area contributed by atoms with Crippen molar-refractivity contribution in [2.75, 3.05) is 0 Å². The maximum absolute atomic E-state index is 13.0. The average molecular weight is 510 g/mol. The minimum atomic E-state index is -0.956. The van der Waals surface area contributed by atoms with Gasteiger partial charge in [-0.1, -0.05) is 23.7 Å². The molecule has 1 aromatic heterocycles. The summed E-state index contributed by atoms with van der Waals surface area (Å²) in [6, 6.07) is 12.5. The molecule has 184 valence electrons. The first kappa shape index (κ1) is 24.5. The second-order valence-electron chi connectivity index (χ2n) is 7.54. The van der Waals surface area contributed by atoms with E-state index in [-0.39, 0.29) is 24.6 Å². The van der Waals surface area contributed by atoms with Crippen molar-refractivity contribution in [2.24, 2.45) is 15.2 Å². The maximum atomic E-state index is 13.0. The first-order valence-electron chi connectivity index (χ1n) is 10.8. The highest BCUT2D eigenvalue weighted by atomic mass is 35.5. The van der Waals surface area contributed by atoms with Gasteiger partial charge < -0.3 is 10.1 Å². The summed E-state index contributed by atoms with van der Waals surface area (Å²) in [5.74, 6) is -0.413. The van der Waals surface area contributed by atoms with Crippen molar-refractivity contribution in [3.8, 4) is 5.75 Å². The molecule has 0 saturated heterocycles. The van der Waals surface area contributed by atoms with E-state index in [4.69, 9.17) is 16.3 Å². The highest BCUT2D eigenvalue weighted by molar-refractivity contribution is 6.30. The highest BCUT2D eigenvalue weighted by Gasteiger charge is 2.19. The van der Waals surface area contributed by atoms with Gasteiger partial charge in [-0.15, -0.1) is 4.91 Å². The van der Waals surface area contributed by atoms with Gasteiger partial charge in [0.05, 0.1) is 18.6 Å². The summed E-state index contributed by atoms with van der Waals surface area (Å²) in [4.78, 5) is 58.4. The molecule has 0 bridgehead atoms. The summed E-state index contributed by atoms with van der Waals surface area (Å²) in [7, 11) is 0. The maximum Gasteiger partial charge on any atom is 0.335 e. The van der Waals surface area contributed by atoms with E-state index in [0.29, 0.717) is 16.5 Å². The van der Waals surface area contributed by atoms with Gasteiger partial charge in [-0.05, 0) is 48.9 Å². The van der Waals surface area contributed by atoms with Crippen LogP contribution >= 0.6 is 11.6 Å². The van der Waals surface area contributed by atoms with Crippen LogP contribution in [-0.2, 0) is 17.9 Å². The third-order valence-corrected chi connectivity index (χ3v) is 5.41. The van der Waals surface area contributed by atoms with Crippen molar-refractivity contribution in [3.05, 3.63) is 103 Å². The summed E-state index contributed by atoms with van der Waals surface area (Å²) in [5, 5.41) is 5.54. The van der Waals surface area contributed by atoms with Crippen LogP contribution in [0.25, 0.3) is 0 Å². The lowest BCUT2D eigenvalue weighted by Crippen LogP contribution is -2.49. The van der Waals surface area contributed by atoms with Crippen LogP contribution in [0.3, 0.4) is 0 Å². The summed E-state index contributed by atoms with van der Waals surface area (Å²) in [6.45, 7) is 2.07. The quantitative estimate of drug-likeness (QED) is 0.463. The van der Waals surface area contributed by atoms with Gasteiger partial charge in [-0.2, -0.15) is 0 Å². The molecule has 2 aromatic carbocycles. The second-order valence-corrected chi connectivity index (χ2v) is 7.97. The molecule has 0 radical (unpaired) electrons. The largest absolute Gasteiger partial charge is 0.439 e. The summed E-state index contributed by atoms with van der Waals surface area (Å²) in [6.07, 6.45) is 2.57. The van der Waals surface area contributed by atoms with Crippen molar-refractivity contribution in [1.82, 2.24) is 19.4 Å². The first-order chi connectivity index (χ1) is 17.4. The normalized spacial score (nSPS) is 15.2. The van der Waals surface area contributed by atoms with Gasteiger partial charge in [0.2, 0.25) is 11.5 Å². The zero-order valence-corrected chi connectivity index (χ0v) is 19.7. The van der Waals surface area contributed by atoms with Gasteiger partial charge >= 0.3 is 17.3 Å². The third-order valence-electron chi connectivity index (χ3n) is 5.16. The number of aromatic nitrogens is 3. The molecule has 1 aliphatic heterocycles. The van der Waals surface area contributed by atoms with Gasteiger partial charge in [0.15, 0.2) is 0 Å². The van der Waals surface area contributed by atoms with E-state index >= 15 is 0 Å². The number of H-pyrrole nitrogens is 1. The molecule has 1 unspecified atom stereocenters. The van der Waals surface area contributed by atoms with Crippen LogP contribution in [0.1, 0.15) is 12.5 Å². The molecule has 1 aliphatic rings.